The van der Waals surface area contributed by atoms with E-state index >= 15 is 0 Å². The zero-order valence-corrected chi connectivity index (χ0v) is 12.5. The third-order valence-electron chi connectivity index (χ3n) is 3.62. The number of hydrogen-bond acceptors (Lipinski definition) is 2. The highest BCUT2D eigenvalue weighted by Crippen LogP contribution is 2.38. The van der Waals surface area contributed by atoms with Gasteiger partial charge in [0.05, 0.1) is 0 Å². The van der Waals surface area contributed by atoms with Crippen LogP contribution >= 0.6 is 15.9 Å². The molecule has 1 aliphatic carbocycles. The largest absolute Gasteiger partial charge is 0.384 e. The molecular weight excluding hydrogens is 307 g/mol. The average molecular weight is 323 g/mol. The van der Waals surface area contributed by atoms with Crippen LogP contribution in [0.1, 0.15) is 31.0 Å². The van der Waals surface area contributed by atoms with Crippen LogP contribution in [0.25, 0.3) is 10.9 Å². The lowest BCUT2D eigenvalue weighted by Gasteiger charge is -2.15. The Labute approximate surface area is 120 Å². The summed E-state index contributed by atoms with van der Waals surface area (Å²) in [4.78, 5) is 4.54. The van der Waals surface area contributed by atoms with Crippen molar-refractivity contribution in [1.82, 2.24) is 4.98 Å². The Morgan fingerprint density at radius 2 is 2.21 bits per heavy atom. The molecule has 0 radical (unpaired) electrons. The van der Waals surface area contributed by atoms with Gasteiger partial charge in [-0.3, -0.25) is 0 Å². The normalized spacial score (nSPS) is 13.8. The van der Waals surface area contributed by atoms with Crippen molar-refractivity contribution < 1.29 is 4.39 Å². The van der Waals surface area contributed by atoms with E-state index in [1.54, 1.807) is 6.07 Å². The molecule has 4 heteroatoms. The number of nitrogens with one attached hydrogen (secondary N) is 1. The first-order valence-corrected chi connectivity index (χ1v) is 7.55. The van der Waals surface area contributed by atoms with Crippen LogP contribution in [0.2, 0.25) is 0 Å². The lowest BCUT2D eigenvalue weighted by atomic mass is 10.1. The second-order valence-corrected chi connectivity index (χ2v) is 5.80. The van der Waals surface area contributed by atoms with E-state index in [0.29, 0.717) is 5.52 Å². The molecule has 0 saturated heterocycles. The van der Waals surface area contributed by atoms with E-state index in [9.17, 15) is 4.39 Å². The molecule has 0 amide bonds. The summed E-state index contributed by atoms with van der Waals surface area (Å²) in [6.07, 6.45) is 4.15. The Morgan fingerprint density at radius 3 is 3.00 bits per heavy atom. The summed E-state index contributed by atoms with van der Waals surface area (Å²) < 4.78 is 14.9. The van der Waals surface area contributed by atoms with Gasteiger partial charge in [0.25, 0.3) is 0 Å². The molecule has 1 aliphatic rings. The van der Waals surface area contributed by atoms with Crippen molar-refractivity contribution in [3.8, 4) is 0 Å². The topological polar surface area (TPSA) is 24.9 Å². The summed E-state index contributed by atoms with van der Waals surface area (Å²) in [6, 6.07) is 3.24. The molecule has 19 heavy (non-hydrogen) atoms. The van der Waals surface area contributed by atoms with Crippen LogP contribution < -0.4 is 5.32 Å². The van der Waals surface area contributed by atoms with E-state index in [4.69, 9.17) is 0 Å². The number of halogens is 2. The molecule has 0 aliphatic heterocycles. The summed E-state index contributed by atoms with van der Waals surface area (Å²) in [5.74, 6) is -0.243. The van der Waals surface area contributed by atoms with E-state index in [2.05, 4.69) is 33.2 Å². The Hall–Kier alpha value is -1.16. The smallest absolute Gasteiger partial charge is 0.149 e. The maximum absolute atomic E-state index is 14.0. The molecule has 1 N–H and O–H groups in total. The van der Waals surface area contributed by atoms with E-state index in [1.165, 1.54) is 11.6 Å². The van der Waals surface area contributed by atoms with Crippen molar-refractivity contribution in [1.29, 1.82) is 0 Å². The Kier molecular flexibility index (Phi) is 3.44. The van der Waals surface area contributed by atoms with Crippen molar-refractivity contribution in [2.45, 2.75) is 32.6 Å². The van der Waals surface area contributed by atoms with E-state index < -0.39 is 0 Å². The van der Waals surface area contributed by atoms with Crippen LogP contribution in [-0.2, 0) is 12.8 Å². The first-order chi connectivity index (χ1) is 9.22. The Bertz CT molecular complexity index is 640. The first-order valence-electron chi connectivity index (χ1n) is 6.75. The fourth-order valence-corrected chi connectivity index (χ4v) is 3.26. The molecule has 0 atom stereocenters. The van der Waals surface area contributed by atoms with Crippen LogP contribution in [0, 0.1) is 5.82 Å². The third kappa shape index (κ3) is 2.12. The van der Waals surface area contributed by atoms with Gasteiger partial charge in [0.2, 0.25) is 0 Å². The van der Waals surface area contributed by atoms with Gasteiger partial charge in [0, 0.05) is 27.8 Å². The number of rotatable bonds is 3. The fraction of sp³-hybridized carbons (Fsp3) is 0.400. The van der Waals surface area contributed by atoms with Gasteiger partial charge in [-0.25, -0.2) is 9.37 Å². The number of hydrogen-bond donors (Lipinski definition) is 1. The predicted octanol–water partition coefficient (Wildman–Crippen LogP) is 4.45. The van der Waals surface area contributed by atoms with Gasteiger partial charge in [-0.15, -0.1) is 0 Å². The standard InChI is InChI=1S/C15H16BrFN2/c1-2-8-18-14-9-4-3-5-12(9)19-15-11(17)7-6-10(16)13(14)15/h6-7H,2-5,8H2,1H3,(H,18,19). The summed E-state index contributed by atoms with van der Waals surface area (Å²) in [6.45, 7) is 3.03. The second kappa shape index (κ2) is 5.08. The van der Waals surface area contributed by atoms with Gasteiger partial charge in [-0.05, 0) is 43.4 Å². The van der Waals surface area contributed by atoms with Gasteiger partial charge < -0.3 is 5.32 Å². The SMILES string of the molecule is CCCNc1c2c(nc3c(F)ccc(Br)c13)CCC2. The number of nitrogens with zero attached hydrogens (tertiary/aromatic N) is 1. The number of pyridine rings is 1. The molecule has 2 nitrogen and oxygen atoms in total. The quantitative estimate of drug-likeness (QED) is 0.903. The van der Waals surface area contributed by atoms with Crippen LogP contribution in [0.4, 0.5) is 10.1 Å². The monoisotopic (exact) mass is 322 g/mol. The van der Waals surface area contributed by atoms with Crippen molar-refractivity contribution in [3.05, 3.63) is 33.7 Å². The van der Waals surface area contributed by atoms with Gasteiger partial charge in [-0.1, -0.05) is 22.9 Å². The highest BCUT2D eigenvalue weighted by molar-refractivity contribution is 9.10. The summed E-state index contributed by atoms with van der Waals surface area (Å²) in [5.41, 5.74) is 3.88. The van der Waals surface area contributed by atoms with E-state index in [0.717, 1.165) is 53.5 Å². The zero-order chi connectivity index (χ0) is 13.4. The van der Waals surface area contributed by atoms with Crippen molar-refractivity contribution >= 4 is 32.5 Å². The molecule has 1 aromatic heterocycles. The second-order valence-electron chi connectivity index (χ2n) is 4.95. The maximum Gasteiger partial charge on any atom is 0.149 e. The molecule has 0 unspecified atom stereocenters. The van der Waals surface area contributed by atoms with Gasteiger partial charge >= 0.3 is 0 Å². The molecular formula is C15H16BrFN2. The Morgan fingerprint density at radius 1 is 1.37 bits per heavy atom. The highest BCUT2D eigenvalue weighted by Gasteiger charge is 2.22. The zero-order valence-electron chi connectivity index (χ0n) is 10.9. The van der Waals surface area contributed by atoms with Gasteiger partial charge in [0.1, 0.15) is 11.3 Å². The minimum Gasteiger partial charge on any atom is -0.384 e. The summed E-state index contributed by atoms with van der Waals surface area (Å²) >= 11 is 3.54. The van der Waals surface area contributed by atoms with Crippen LogP contribution in [0.5, 0.6) is 0 Å². The number of aromatic nitrogens is 1. The molecule has 1 aromatic carbocycles. The molecule has 3 rings (SSSR count). The minimum atomic E-state index is -0.243. The van der Waals surface area contributed by atoms with Crippen molar-refractivity contribution in [2.24, 2.45) is 0 Å². The predicted molar refractivity (Wildman–Crippen MR) is 80.2 cm³/mol. The Balaban J connectivity index is 2.31. The fourth-order valence-electron chi connectivity index (χ4n) is 2.74. The molecule has 0 bridgehead atoms. The molecule has 1 heterocycles. The highest BCUT2D eigenvalue weighted by atomic mass is 79.9. The van der Waals surface area contributed by atoms with Gasteiger partial charge in [0.15, 0.2) is 0 Å². The van der Waals surface area contributed by atoms with E-state index in [-0.39, 0.29) is 5.82 Å². The maximum atomic E-state index is 14.0. The molecule has 2 aromatic rings. The summed E-state index contributed by atoms with van der Waals surface area (Å²) in [7, 11) is 0. The van der Waals surface area contributed by atoms with Crippen LogP contribution in [-0.4, -0.2) is 11.5 Å². The molecule has 0 spiro atoms. The minimum absolute atomic E-state index is 0.243. The van der Waals surface area contributed by atoms with Crippen molar-refractivity contribution in [3.63, 3.8) is 0 Å². The lowest BCUT2D eigenvalue weighted by molar-refractivity contribution is 0.636. The number of aryl methyl sites for hydroxylation is 1. The number of benzene rings is 1. The van der Waals surface area contributed by atoms with Gasteiger partial charge in [-0.2, -0.15) is 0 Å². The molecule has 0 fully saturated rings. The first kappa shape index (κ1) is 12.9. The van der Waals surface area contributed by atoms with Crippen molar-refractivity contribution in [2.75, 3.05) is 11.9 Å². The average Bonchev–Trinajstić information content (AvgIpc) is 2.87. The molecule has 0 saturated carbocycles. The number of anilines is 1. The summed E-state index contributed by atoms with van der Waals surface area (Å²) in [5, 5.41) is 4.35. The van der Waals surface area contributed by atoms with Crippen LogP contribution in [0.3, 0.4) is 0 Å². The lowest BCUT2D eigenvalue weighted by Crippen LogP contribution is -2.06. The number of fused-ring (bicyclic) bond motifs is 2. The third-order valence-corrected chi connectivity index (χ3v) is 4.28. The van der Waals surface area contributed by atoms with E-state index in [1.807, 2.05) is 0 Å². The molecule has 100 valence electrons. The van der Waals surface area contributed by atoms with Crippen LogP contribution in [0.15, 0.2) is 16.6 Å².